The number of hydrogen-bond acceptors (Lipinski definition) is 5. The summed E-state index contributed by atoms with van der Waals surface area (Å²) in [6.45, 7) is 5.31. The molecule has 132 valence electrons. The van der Waals surface area contributed by atoms with Crippen molar-refractivity contribution in [2.24, 2.45) is 0 Å². The maximum atomic E-state index is 13.0. The number of sulfonamides is 1. The van der Waals surface area contributed by atoms with Crippen LogP contribution >= 0.6 is 35.3 Å². The van der Waals surface area contributed by atoms with Gasteiger partial charge in [0.2, 0.25) is 4.34 Å². The third kappa shape index (κ3) is 3.76. The van der Waals surface area contributed by atoms with Crippen LogP contribution in [0.4, 0.5) is 0 Å². The van der Waals surface area contributed by atoms with E-state index in [1.807, 2.05) is 32.0 Å². The Labute approximate surface area is 157 Å². The lowest BCUT2D eigenvalue weighted by molar-refractivity contribution is 0.271. The summed E-state index contributed by atoms with van der Waals surface area (Å²) in [4.78, 5) is 5.17. The number of halogens is 2. The molecule has 9 heteroatoms. The predicted molar refractivity (Wildman–Crippen MR) is 99.8 cm³/mol. The number of benzene rings is 1. The quantitative estimate of drug-likeness (QED) is 0.848. The van der Waals surface area contributed by atoms with Crippen molar-refractivity contribution in [3.05, 3.63) is 45.4 Å². The maximum Gasteiger partial charge on any atom is 0.271 e. The van der Waals surface area contributed by atoms with E-state index in [2.05, 4.69) is 10.3 Å². The average Bonchev–Trinajstić information content (AvgIpc) is 2.87. The lowest BCUT2D eigenvalue weighted by Crippen LogP contribution is -2.48. The van der Waals surface area contributed by atoms with E-state index in [1.54, 1.807) is 6.07 Å². The normalized spacial score (nSPS) is 19.0. The van der Waals surface area contributed by atoms with Crippen LogP contribution in [0.25, 0.3) is 0 Å². The van der Waals surface area contributed by atoms with Crippen LogP contribution in [0.15, 0.2) is 28.6 Å². The van der Waals surface area contributed by atoms with E-state index >= 15 is 0 Å². The van der Waals surface area contributed by atoms with Crippen molar-refractivity contribution < 1.29 is 8.42 Å². The van der Waals surface area contributed by atoms with Crippen molar-refractivity contribution in [1.29, 1.82) is 0 Å². The molecule has 0 aliphatic carbocycles. The molecule has 24 heavy (non-hydrogen) atoms. The van der Waals surface area contributed by atoms with Crippen LogP contribution in [0, 0.1) is 13.8 Å². The van der Waals surface area contributed by atoms with Gasteiger partial charge in [0.1, 0.15) is 0 Å². The Morgan fingerprint density at radius 3 is 2.75 bits per heavy atom. The SMILES string of the molecule is Cc1nc(S(=O)(=O)N2CCNCC2c2cccc(Cl)c2)sc1C.Cl. The fraction of sp³-hybridized carbons (Fsp3) is 0.400. The van der Waals surface area contributed by atoms with E-state index in [1.165, 1.54) is 15.6 Å². The first-order valence-electron chi connectivity index (χ1n) is 7.31. The third-order valence-corrected chi connectivity index (χ3v) is 7.54. The van der Waals surface area contributed by atoms with Gasteiger partial charge in [-0.15, -0.1) is 23.7 Å². The molecule has 1 aromatic heterocycles. The van der Waals surface area contributed by atoms with Crippen molar-refractivity contribution >= 4 is 45.4 Å². The van der Waals surface area contributed by atoms with Crippen LogP contribution in [0.3, 0.4) is 0 Å². The number of aromatic nitrogens is 1. The van der Waals surface area contributed by atoms with Crippen molar-refractivity contribution in [2.75, 3.05) is 19.6 Å². The van der Waals surface area contributed by atoms with Crippen molar-refractivity contribution in [3.8, 4) is 0 Å². The highest BCUT2D eigenvalue weighted by Crippen LogP contribution is 2.32. The Morgan fingerprint density at radius 1 is 1.38 bits per heavy atom. The maximum absolute atomic E-state index is 13.0. The zero-order valence-electron chi connectivity index (χ0n) is 13.3. The average molecular weight is 408 g/mol. The van der Waals surface area contributed by atoms with Crippen LogP contribution in [-0.4, -0.2) is 37.3 Å². The van der Waals surface area contributed by atoms with Gasteiger partial charge in [-0.05, 0) is 31.5 Å². The number of nitrogens with one attached hydrogen (secondary N) is 1. The molecular formula is C15H19Cl2N3O2S2. The van der Waals surface area contributed by atoms with Crippen LogP contribution in [0.5, 0.6) is 0 Å². The van der Waals surface area contributed by atoms with E-state index in [9.17, 15) is 8.42 Å². The highest BCUT2D eigenvalue weighted by molar-refractivity contribution is 7.91. The van der Waals surface area contributed by atoms with E-state index in [4.69, 9.17) is 11.6 Å². The van der Waals surface area contributed by atoms with E-state index < -0.39 is 10.0 Å². The van der Waals surface area contributed by atoms with Gasteiger partial charge >= 0.3 is 0 Å². The van der Waals surface area contributed by atoms with E-state index in [0.29, 0.717) is 24.7 Å². The van der Waals surface area contributed by atoms with E-state index in [-0.39, 0.29) is 22.8 Å². The second-order valence-electron chi connectivity index (χ2n) is 5.51. The van der Waals surface area contributed by atoms with Gasteiger partial charge in [-0.1, -0.05) is 23.7 Å². The number of piperazine rings is 1. The highest BCUT2D eigenvalue weighted by atomic mass is 35.5. The Balaban J connectivity index is 0.00000208. The molecule has 1 aliphatic rings. The van der Waals surface area contributed by atoms with Gasteiger partial charge in [0.25, 0.3) is 10.0 Å². The first kappa shape index (κ1) is 19.6. The lowest BCUT2D eigenvalue weighted by atomic mass is 10.1. The molecule has 0 radical (unpaired) electrons. The van der Waals surface area contributed by atoms with Gasteiger partial charge < -0.3 is 5.32 Å². The summed E-state index contributed by atoms with van der Waals surface area (Å²) < 4.78 is 27.8. The van der Waals surface area contributed by atoms with Gasteiger partial charge in [-0.25, -0.2) is 13.4 Å². The van der Waals surface area contributed by atoms with Crippen molar-refractivity contribution in [2.45, 2.75) is 24.2 Å². The summed E-state index contributed by atoms with van der Waals surface area (Å²) in [6, 6.07) is 7.07. The van der Waals surface area contributed by atoms with Crippen molar-refractivity contribution in [3.63, 3.8) is 0 Å². The standard InChI is InChI=1S/C15H18ClN3O2S2.ClH/c1-10-11(2)22-15(18-10)23(20,21)19-7-6-17-9-14(19)12-4-3-5-13(16)8-12;/h3-5,8,14,17H,6-7,9H2,1-2H3;1H. The summed E-state index contributed by atoms with van der Waals surface area (Å²) >= 11 is 7.30. The molecule has 1 saturated heterocycles. The molecule has 1 unspecified atom stereocenters. The monoisotopic (exact) mass is 407 g/mol. The molecular weight excluding hydrogens is 389 g/mol. The number of thiazole rings is 1. The van der Waals surface area contributed by atoms with Crippen LogP contribution in [0.1, 0.15) is 22.2 Å². The van der Waals surface area contributed by atoms with Crippen molar-refractivity contribution in [1.82, 2.24) is 14.6 Å². The van der Waals surface area contributed by atoms with Gasteiger partial charge in [-0.3, -0.25) is 0 Å². The molecule has 5 nitrogen and oxygen atoms in total. The lowest BCUT2D eigenvalue weighted by Gasteiger charge is -2.34. The molecule has 1 N–H and O–H groups in total. The molecule has 0 saturated carbocycles. The topological polar surface area (TPSA) is 62.3 Å². The van der Waals surface area contributed by atoms with Crippen LogP contribution in [-0.2, 0) is 10.0 Å². The molecule has 3 rings (SSSR count). The molecule has 0 amide bonds. The largest absolute Gasteiger partial charge is 0.313 e. The summed E-state index contributed by atoms with van der Waals surface area (Å²) in [5.74, 6) is 0. The Kier molecular flexibility index (Phi) is 6.28. The molecule has 1 aliphatic heterocycles. The van der Waals surface area contributed by atoms with E-state index in [0.717, 1.165) is 16.1 Å². The Morgan fingerprint density at radius 2 is 2.12 bits per heavy atom. The summed E-state index contributed by atoms with van der Waals surface area (Å²) in [7, 11) is -3.62. The fourth-order valence-corrected chi connectivity index (χ4v) is 5.86. The second kappa shape index (κ2) is 7.68. The number of hydrogen-bond donors (Lipinski definition) is 1. The minimum absolute atomic E-state index is 0. The minimum atomic E-state index is -3.62. The second-order valence-corrected chi connectivity index (χ2v) is 9.22. The Bertz CT molecular complexity index is 804. The number of aryl methyl sites for hydroxylation is 2. The number of nitrogens with zero attached hydrogens (tertiary/aromatic N) is 2. The summed E-state index contributed by atoms with van der Waals surface area (Å²) in [5.41, 5.74) is 1.65. The molecule has 1 aromatic carbocycles. The van der Waals surface area contributed by atoms with Crippen LogP contribution in [0.2, 0.25) is 5.02 Å². The molecule has 1 fully saturated rings. The van der Waals surface area contributed by atoms with Gasteiger partial charge in [0, 0.05) is 29.5 Å². The molecule has 0 spiro atoms. The molecule has 2 aromatic rings. The zero-order chi connectivity index (χ0) is 16.6. The highest BCUT2D eigenvalue weighted by Gasteiger charge is 2.36. The summed E-state index contributed by atoms with van der Waals surface area (Å²) in [6.07, 6.45) is 0. The molecule has 1 atom stereocenters. The first-order valence-corrected chi connectivity index (χ1v) is 9.95. The van der Waals surface area contributed by atoms with Crippen LogP contribution < -0.4 is 5.32 Å². The Hall–Kier alpha value is -0.700. The first-order chi connectivity index (χ1) is 10.9. The number of rotatable bonds is 3. The van der Waals surface area contributed by atoms with Gasteiger partial charge in [-0.2, -0.15) is 4.31 Å². The zero-order valence-corrected chi connectivity index (χ0v) is 16.5. The predicted octanol–water partition coefficient (Wildman–Crippen LogP) is 3.17. The third-order valence-electron chi connectivity index (χ3n) is 3.97. The minimum Gasteiger partial charge on any atom is -0.313 e. The molecule has 0 bridgehead atoms. The molecule has 2 heterocycles. The smallest absolute Gasteiger partial charge is 0.271 e. The fourth-order valence-electron chi connectivity index (χ4n) is 2.63. The van der Waals surface area contributed by atoms with Gasteiger partial charge in [0.05, 0.1) is 11.7 Å². The summed E-state index contributed by atoms with van der Waals surface area (Å²) in [5, 5.41) is 3.86. The van der Waals surface area contributed by atoms with Gasteiger partial charge in [0.15, 0.2) is 0 Å².